The summed E-state index contributed by atoms with van der Waals surface area (Å²) in [6.45, 7) is 2.60. The Bertz CT molecular complexity index is 631. The van der Waals surface area contributed by atoms with Crippen molar-refractivity contribution in [3.63, 3.8) is 0 Å². The van der Waals surface area contributed by atoms with Crippen LogP contribution >= 0.6 is 0 Å². The van der Waals surface area contributed by atoms with Crippen molar-refractivity contribution in [2.75, 3.05) is 20.1 Å². The lowest BCUT2D eigenvalue weighted by atomic mass is 10.0. The van der Waals surface area contributed by atoms with Gasteiger partial charge in [-0.2, -0.15) is 17.0 Å². The van der Waals surface area contributed by atoms with Crippen molar-refractivity contribution < 1.29 is 17.6 Å². The van der Waals surface area contributed by atoms with Gasteiger partial charge in [0.1, 0.15) is 5.82 Å². The quantitative estimate of drug-likeness (QED) is 0.751. The molecule has 1 aromatic carbocycles. The molecule has 7 heteroatoms. The molecule has 1 atom stereocenters. The van der Waals surface area contributed by atoms with E-state index < -0.39 is 16.0 Å². The number of ketones is 1. The third kappa shape index (κ3) is 3.53. The largest absolute Gasteiger partial charge is 0.294 e. The molecule has 122 valence electrons. The van der Waals surface area contributed by atoms with Crippen LogP contribution in [0.2, 0.25) is 0 Å². The minimum absolute atomic E-state index is 0.127. The number of Topliss-reactive ketones (excluding diaryl/α,β-unsaturated/α-hetero) is 1. The highest BCUT2D eigenvalue weighted by Gasteiger charge is 2.37. The summed E-state index contributed by atoms with van der Waals surface area (Å²) in [5.41, 5.74) is 0.412. The molecule has 0 saturated carbocycles. The Hall–Kier alpha value is -1.31. The molecule has 0 aromatic heterocycles. The number of nitrogens with zero attached hydrogens (tertiary/aromatic N) is 2. The number of halogens is 1. The van der Waals surface area contributed by atoms with Gasteiger partial charge in [0.15, 0.2) is 5.78 Å². The Morgan fingerprint density at radius 2 is 2.00 bits per heavy atom. The molecule has 0 bridgehead atoms. The molecule has 22 heavy (non-hydrogen) atoms. The lowest BCUT2D eigenvalue weighted by Crippen LogP contribution is -2.44. The van der Waals surface area contributed by atoms with Crippen LogP contribution in [0.1, 0.15) is 36.5 Å². The second-order valence-corrected chi connectivity index (χ2v) is 7.45. The zero-order chi connectivity index (χ0) is 16.3. The van der Waals surface area contributed by atoms with Crippen molar-refractivity contribution in [2.24, 2.45) is 0 Å². The molecule has 0 radical (unpaired) electrons. The second-order valence-electron chi connectivity index (χ2n) is 5.46. The van der Waals surface area contributed by atoms with Crippen LogP contribution in [0.5, 0.6) is 0 Å². The van der Waals surface area contributed by atoms with Crippen molar-refractivity contribution in [3.8, 4) is 0 Å². The standard InChI is InChI=1S/C15H21FN2O3S/c1-3-17(2)22(20,21)18-10-4-5-14(18)11-15(19)12-6-8-13(16)9-7-12/h6-9,14H,3-5,10-11H2,1-2H3. The Balaban J connectivity index is 2.11. The van der Waals surface area contributed by atoms with Crippen molar-refractivity contribution in [3.05, 3.63) is 35.6 Å². The molecular weight excluding hydrogens is 307 g/mol. The molecule has 0 spiro atoms. The fraction of sp³-hybridized carbons (Fsp3) is 0.533. The van der Waals surface area contributed by atoms with Crippen molar-refractivity contribution in [1.82, 2.24) is 8.61 Å². The van der Waals surface area contributed by atoms with Gasteiger partial charge in [0, 0.05) is 38.2 Å². The summed E-state index contributed by atoms with van der Waals surface area (Å²) in [6.07, 6.45) is 1.55. The minimum Gasteiger partial charge on any atom is -0.294 e. The summed E-state index contributed by atoms with van der Waals surface area (Å²) in [6, 6.07) is 5.02. The number of benzene rings is 1. The Kier molecular flexibility index (Phi) is 5.31. The van der Waals surface area contributed by atoms with Crippen LogP contribution < -0.4 is 0 Å². The first kappa shape index (κ1) is 17.1. The van der Waals surface area contributed by atoms with Gasteiger partial charge in [-0.15, -0.1) is 0 Å². The van der Waals surface area contributed by atoms with E-state index in [4.69, 9.17) is 0 Å². The van der Waals surface area contributed by atoms with Crippen molar-refractivity contribution in [1.29, 1.82) is 0 Å². The van der Waals surface area contributed by atoms with Crippen LogP contribution in [0.15, 0.2) is 24.3 Å². The predicted octanol–water partition coefficient (Wildman–Crippen LogP) is 2.06. The predicted molar refractivity (Wildman–Crippen MR) is 82.3 cm³/mol. The van der Waals surface area contributed by atoms with E-state index >= 15 is 0 Å². The molecule has 1 heterocycles. The van der Waals surface area contributed by atoms with E-state index in [-0.39, 0.29) is 18.2 Å². The summed E-state index contributed by atoms with van der Waals surface area (Å²) in [5, 5.41) is 0. The van der Waals surface area contributed by atoms with Gasteiger partial charge in [-0.3, -0.25) is 4.79 Å². The molecule has 1 aliphatic heterocycles. The van der Waals surface area contributed by atoms with Gasteiger partial charge in [-0.05, 0) is 37.1 Å². The Morgan fingerprint density at radius 3 is 2.59 bits per heavy atom. The van der Waals surface area contributed by atoms with Gasteiger partial charge in [0.25, 0.3) is 10.2 Å². The number of carbonyl (C=O) groups excluding carboxylic acids is 1. The van der Waals surface area contributed by atoms with Crippen LogP contribution in [0.4, 0.5) is 4.39 Å². The van der Waals surface area contributed by atoms with E-state index in [1.807, 2.05) is 0 Å². The van der Waals surface area contributed by atoms with E-state index in [0.29, 0.717) is 25.1 Å². The third-order valence-corrected chi connectivity index (χ3v) is 6.17. The summed E-state index contributed by atoms with van der Waals surface area (Å²) >= 11 is 0. The number of carbonyl (C=O) groups is 1. The first-order valence-electron chi connectivity index (χ1n) is 7.38. The lowest BCUT2D eigenvalue weighted by Gasteiger charge is -2.27. The summed E-state index contributed by atoms with van der Waals surface area (Å²) in [4.78, 5) is 12.3. The monoisotopic (exact) mass is 328 g/mol. The molecule has 0 aliphatic carbocycles. The maximum atomic E-state index is 12.9. The highest BCUT2D eigenvalue weighted by atomic mass is 32.2. The average Bonchev–Trinajstić information content (AvgIpc) is 2.95. The Morgan fingerprint density at radius 1 is 1.36 bits per heavy atom. The number of rotatable bonds is 6. The topological polar surface area (TPSA) is 57.7 Å². The molecule has 1 fully saturated rings. The van der Waals surface area contributed by atoms with Gasteiger partial charge in [0.05, 0.1) is 0 Å². The van der Waals surface area contributed by atoms with Gasteiger partial charge in [-0.25, -0.2) is 4.39 Å². The van der Waals surface area contributed by atoms with E-state index in [1.54, 1.807) is 6.92 Å². The fourth-order valence-electron chi connectivity index (χ4n) is 2.63. The van der Waals surface area contributed by atoms with Gasteiger partial charge in [-0.1, -0.05) is 6.92 Å². The van der Waals surface area contributed by atoms with Crippen LogP contribution in [-0.4, -0.2) is 49.0 Å². The normalized spacial score (nSPS) is 19.7. The molecule has 5 nitrogen and oxygen atoms in total. The first-order chi connectivity index (χ1) is 10.4. The number of hydrogen-bond acceptors (Lipinski definition) is 3. The van der Waals surface area contributed by atoms with Crippen LogP contribution in [0, 0.1) is 5.82 Å². The smallest absolute Gasteiger partial charge is 0.281 e. The third-order valence-electron chi connectivity index (χ3n) is 4.05. The minimum atomic E-state index is -3.52. The summed E-state index contributed by atoms with van der Waals surface area (Å²) in [5.74, 6) is -0.558. The van der Waals surface area contributed by atoms with Crippen LogP contribution in [0.3, 0.4) is 0 Å². The molecule has 0 amide bonds. The summed E-state index contributed by atoms with van der Waals surface area (Å²) < 4.78 is 40.5. The van der Waals surface area contributed by atoms with E-state index in [1.165, 1.54) is 39.9 Å². The molecular formula is C15H21FN2O3S. The zero-order valence-corrected chi connectivity index (χ0v) is 13.6. The van der Waals surface area contributed by atoms with Crippen molar-refractivity contribution in [2.45, 2.75) is 32.2 Å². The molecule has 1 aliphatic rings. The van der Waals surface area contributed by atoms with Gasteiger partial charge < -0.3 is 0 Å². The molecule has 2 rings (SSSR count). The van der Waals surface area contributed by atoms with E-state index in [0.717, 1.165) is 6.42 Å². The van der Waals surface area contributed by atoms with Gasteiger partial charge in [0.2, 0.25) is 0 Å². The maximum absolute atomic E-state index is 12.9. The van der Waals surface area contributed by atoms with Crippen LogP contribution in [0.25, 0.3) is 0 Å². The van der Waals surface area contributed by atoms with Crippen molar-refractivity contribution >= 4 is 16.0 Å². The molecule has 1 aromatic rings. The average molecular weight is 328 g/mol. The fourth-order valence-corrected chi connectivity index (χ4v) is 4.23. The first-order valence-corrected chi connectivity index (χ1v) is 8.77. The highest BCUT2D eigenvalue weighted by Crippen LogP contribution is 2.26. The van der Waals surface area contributed by atoms with Crippen LogP contribution in [-0.2, 0) is 10.2 Å². The molecule has 1 saturated heterocycles. The van der Waals surface area contributed by atoms with E-state index in [2.05, 4.69) is 0 Å². The van der Waals surface area contributed by atoms with Gasteiger partial charge >= 0.3 is 0 Å². The molecule has 0 N–H and O–H groups in total. The zero-order valence-electron chi connectivity index (χ0n) is 12.8. The Labute approximate surface area is 130 Å². The molecule has 1 unspecified atom stereocenters. The SMILES string of the molecule is CCN(C)S(=O)(=O)N1CCCC1CC(=O)c1ccc(F)cc1. The highest BCUT2D eigenvalue weighted by molar-refractivity contribution is 7.86. The second kappa shape index (κ2) is 6.85. The lowest BCUT2D eigenvalue weighted by molar-refractivity contribution is 0.0960. The number of hydrogen-bond donors (Lipinski definition) is 0. The summed E-state index contributed by atoms with van der Waals surface area (Å²) in [7, 11) is -1.98. The maximum Gasteiger partial charge on any atom is 0.281 e. The van der Waals surface area contributed by atoms with E-state index in [9.17, 15) is 17.6 Å².